The van der Waals surface area contributed by atoms with Gasteiger partial charge < -0.3 is 14.5 Å². The summed E-state index contributed by atoms with van der Waals surface area (Å²) in [4.78, 5) is 38.1. The third kappa shape index (κ3) is 5.18. The second-order valence-electron chi connectivity index (χ2n) is 9.17. The van der Waals surface area contributed by atoms with Crippen LogP contribution in [0.2, 0.25) is 0 Å². The van der Waals surface area contributed by atoms with E-state index in [1.54, 1.807) is 32.2 Å². The van der Waals surface area contributed by atoms with Gasteiger partial charge in [0, 0.05) is 42.2 Å². The van der Waals surface area contributed by atoms with Gasteiger partial charge in [0.1, 0.15) is 17.1 Å². The van der Waals surface area contributed by atoms with E-state index in [0.717, 1.165) is 5.69 Å². The first-order valence-electron chi connectivity index (χ1n) is 12.6. The zero-order valence-corrected chi connectivity index (χ0v) is 22.0. The van der Waals surface area contributed by atoms with Gasteiger partial charge in [-0.25, -0.2) is 13.8 Å². The molecule has 3 aromatic heterocycles. The number of benzene rings is 2. The molecule has 5 aromatic rings. The van der Waals surface area contributed by atoms with Gasteiger partial charge in [-0.2, -0.15) is 0 Å². The number of Topliss-reactive ketones (excluding diaryl/α,β-unsaturated/α-hetero) is 1. The summed E-state index contributed by atoms with van der Waals surface area (Å²) in [6, 6.07) is 13.0. The summed E-state index contributed by atoms with van der Waals surface area (Å²) in [6.07, 6.45) is 3.31. The molecule has 0 saturated heterocycles. The maximum absolute atomic E-state index is 15.1. The number of methoxy groups -OCH3 is 1. The maximum atomic E-state index is 15.1. The molecule has 0 fully saturated rings. The Bertz CT molecular complexity index is 1800. The van der Waals surface area contributed by atoms with Crippen LogP contribution < -0.4 is 14.9 Å². The average molecular weight is 542 g/mol. The number of nitrogens with one attached hydrogen (secondary N) is 1. The standard InChI is InChI=1S/C31H25F2N3O4/c1-4-23-28(39-3)15-24-30(36-23)27(11-12-34-24)40-26-10-5-18(13-22(26)33)14-25(37)21-16-35-17(2)29(31(21)38)19-6-8-20(32)9-7-19/h5-13,15-16H,4,14H2,1-3H3,(H,35,38). The van der Waals surface area contributed by atoms with Crippen molar-refractivity contribution < 1.29 is 23.0 Å². The largest absolute Gasteiger partial charge is 0.495 e. The highest BCUT2D eigenvalue weighted by Gasteiger charge is 2.19. The molecule has 0 amide bonds. The minimum atomic E-state index is -0.677. The molecule has 0 spiro atoms. The minimum absolute atomic E-state index is 0.0499. The fourth-order valence-corrected chi connectivity index (χ4v) is 4.51. The van der Waals surface area contributed by atoms with Crippen LogP contribution in [0, 0.1) is 18.6 Å². The summed E-state index contributed by atoms with van der Waals surface area (Å²) in [5.41, 5.74) is 2.86. The number of fused-ring (bicyclic) bond motifs is 1. The molecule has 3 heterocycles. The second kappa shape index (κ2) is 11.1. The Kier molecular flexibility index (Phi) is 7.37. The van der Waals surface area contributed by atoms with Gasteiger partial charge >= 0.3 is 0 Å². The molecular weight excluding hydrogens is 516 g/mol. The van der Waals surface area contributed by atoms with Gasteiger partial charge in [0.15, 0.2) is 28.5 Å². The molecule has 7 nitrogen and oxygen atoms in total. The lowest BCUT2D eigenvalue weighted by atomic mass is 9.98. The van der Waals surface area contributed by atoms with Crippen LogP contribution in [0.15, 0.2) is 71.8 Å². The predicted octanol–water partition coefficient (Wildman–Crippen LogP) is 6.36. The van der Waals surface area contributed by atoms with E-state index in [-0.39, 0.29) is 23.3 Å². The van der Waals surface area contributed by atoms with Crippen LogP contribution in [0.25, 0.3) is 22.2 Å². The molecule has 202 valence electrons. The molecule has 9 heteroatoms. The fourth-order valence-electron chi connectivity index (χ4n) is 4.51. The molecular formula is C31H25F2N3O4. The van der Waals surface area contributed by atoms with Gasteiger partial charge in [0.25, 0.3) is 0 Å². The van der Waals surface area contributed by atoms with Crippen molar-refractivity contribution in [3.05, 3.63) is 111 Å². The molecule has 0 bridgehead atoms. The van der Waals surface area contributed by atoms with Gasteiger partial charge in [-0.3, -0.25) is 14.6 Å². The van der Waals surface area contributed by atoms with E-state index in [4.69, 9.17) is 9.47 Å². The summed E-state index contributed by atoms with van der Waals surface area (Å²) in [7, 11) is 1.56. The normalized spacial score (nSPS) is 11.0. The highest BCUT2D eigenvalue weighted by molar-refractivity contribution is 5.98. The quantitative estimate of drug-likeness (QED) is 0.230. The Morgan fingerprint density at radius 2 is 1.77 bits per heavy atom. The molecule has 2 aromatic carbocycles. The van der Waals surface area contributed by atoms with Crippen molar-refractivity contribution in [2.24, 2.45) is 0 Å². The van der Waals surface area contributed by atoms with E-state index in [9.17, 15) is 14.0 Å². The summed E-state index contributed by atoms with van der Waals surface area (Å²) < 4.78 is 39.7. The van der Waals surface area contributed by atoms with Crippen molar-refractivity contribution in [3.8, 4) is 28.4 Å². The third-order valence-corrected chi connectivity index (χ3v) is 6.56. The summed E-state index contributed by atoms with van der Waals surface area (Å²) in [5, 5.41) is 0. The van der Waals surface area contributed by atoms with Crippen LogP contribution in [-0.4, -0.2) is 27.8 Å². The second-order valence-corrected chi connectivity index (χ2v) is 9.17. The monoisotopic (exact) mass is 541 g/mol. The third-order valence-electron chi connectivity index (χ3n) is 6.56. The molecule has 0 radical (unpaired) electrons. The number of nitrogens with zero attached hydrogens (tertiary/aromatic N) is 2. The van der Waals surface area contributed by atoms with E-state index in [1.807, 2.05) is 6.92 Å². The maximum Gasteiger partial charge on any atom is 0.200 e. The van der Waals surface area contributed by atoms with E-state index in [0.29, 0.717) is 45.8 Å². The Morgan fingerprint density at radius 1 is 1.00 bits per heavy atom. The van der Waals surface area contributed by atoms with E-state index in [1.165, 1.54) is 48.8 Å². The SMILES string of the molecule is CCc1nc2c(Oc3ccc(CC(=O)c4c[nH]c(C)c(-c5ccc(F)cc5)c4=O)cc3F)ccnc2cc1OC. The van der Waals surface area contributed by atoms with Crippen molar-refractivity contribution >= 4 is 16.8 Å². The zero-order chi connectivity index (χ0) is 28.4. The fraction of sp³-hybridized carbons (Fsp3) is 0.161. The first-order valence-corrected chi connectivity index (χ1v) is 12.6. The van der Waals surface area contributed by atoms with Gasteiger partial charge in [-0.1, -0.05) is 25.1 Å². The molecule has 40 heavy (non-hydrogen) atoms. The van der Waals surface area contributed by atoms with Crippen LogP contribution in [0.5, 0.6) is 17.2 Å². The number of pyridine rings is 3. The van der Waals surface area contributed by atoms with Crippen molar-refractivity contribution in [1.29, 1.82) is 0 Å². The Morgan fingerprint density at radius 3 is 2.48 bits per heavy atom. The Hall–Kier alpha value is -4.92. The number of ether oxygens (including phenoxy) is 2. The number of carbonyl (C=O) groups excluding carboxylic acids is 1. The zero-order valence-electron chi connectivity index (χ0n) is 22.0. The lowest BCUT2D eigenvalue weighted by Crippen LogP contribution is -2.20. The van der Waals surface area contributed by atoms with Crippen LogP contribution in [0.3, 0.4) is 0 Å². The first kappa shape index (κ1) is 26.7. The van der Waals surface area contributed by atoms with Crippen LogP contribution in [0.1, 0.15) is 34.2 Å². The van der Waals surface area contributed by atoms with Gasteiger partial charge in [0.2, 0.25) is 0 Å². The number of aromatic amines is 1. The summed E-state index contributed by atoms with van der Waals surface area (Å²) in [5.74, 6) is -0.709. The van der Waals surface area contributed by atoms with Crippen molar-refractivity contribution in [1.82, 2.24) is 15.0 Å². The van der Waals surface area contributed by atoms with Crippen LogP contribution in [0.4, 0.5) is 8.78 Å². The number of hydrogen-bond donors (Lipinski definition) is 1. The molecule has 0 aliphatic rings. The highest BCUT2D eigenvalue weighted by Crippen LogP contribution is 2.32. The lowest BCUT2D eigenvalue weighted by molar-refractivity contribution is 0.0991. The minimum Gasteiger partial charge on any atom is -0.495 e. The van der Waals surface area contributed by atoms with Crippen molar-refractivity contribution in [2.45, 2.75) is 26.7 Å². The first-order chi connectivity index (χ1) is 19.3. The number of halogens is 2. The smallest absolute Gasteiger partial charge is 0.200 e. The topological polar surface area (TPSA) is 94.2 Å². The van der Waals surface area contributed by atoms with Crippen LogP contribution in [-0.2, 0) is 12.8 Å². The molecule has 1 N–H and O–H groups in total. The number of aryl methyl sites for hydroxylation is 2. The Balaban J connectivity index is 1.40. The molecule has 0 unspecified atom stereocenters. The number of carbonyl (C=O) groups is 1. The van der Waals surface area contributed by atoms with E-state index < -0.39 is 22.8 Å². The van der Waals surface area contributed by atoms with E-state index in [2.05, 4.69) is 15.0 Å². The molecule has 0 aliphatic carbocycles. The average Bonchev–Trinajstić information content (AvgIpc) is 2.94. The molecule has 0 atom stereocenters. The number of H-pyrrole nitrogens is 1. The molecule has 5 rings (SSSR count). The summed E-state index contributed by atoms with van der Waals surface area (Å²) >= 11 is 0. The lowest BCUT2D eigenvalue weighted by Gasteiger charge is -2.12. The van der Waals surface area contributed by atoms with Gasteiger partial charge in [0.05, 0.1) is 23.9 Å². The van der Waals surface area contributed by atoms with Gasteiger partial charge in [-0.15, -0.1) is 0 Å². The molecule has 0 aliphatic heterocycles. The predicted molar refractivity (Wildman–Crippen MR) is 147 cm³/mol. The summed E-state index contributed by atoms with van der Waals surface area (Å²) in [6.45, 7) is 3.64. The number of hydrogen-bond acceptors (Lipinski definition) is 6. The van der Waals surface area contributed by atoms with Crippen molar-refractivity contribution in [2.75, 3.05) is 7.11 Å². The number of rotatable bonds is 8. The van der Waals surface area contributed by atoms with Crippen LogP contribution >= 0.6 is 0 Å². The van der Waals surface area contributed by atoms with Crippen molar-refractivity contribution in [3.63, 3.8) is 0 Å². The number of aromatic nitrogens is 3. The highest BCUT2D eigenvalue weighted by atomic mass is 19.1. The Labute approximate surface area is 228 Å². The molecule has 0 saturated carbocycles. The van der Waals surface area contributed by atoms with Gasteiger partial charge in [-0.05, 0) is 48.7 Å². The van der Waals surface area contributed by atoms with E-state index >= 15 is 4.39 Å². The number of ketones is 1.